The molecule has 1 aromatic carbocycles. The lowest BCUT2D eigenvalue weighted by molar-refractivity contribution is -0.127. The molecule has 5 heteroatoms. The van der Waals surface area contributed by atoms with Crippen LogP contribution in [-0.4, -0.2) is 28.5 Å². The van der Waals surface area contributed by atoms with E-state index in [1.165, 1.54) is 0 Å². The normalized spacial score (nSPS) is 25.8. The smallest absolute Gasteiger partial charge is 0.246 e. The minimum absolute atomic E-state index is 0.0383. The molecule has 1 aromatic rings. The third-order valence-electron chi connectivity index (χ3n) is 3.88. The Morgan fingerprint density at radius 2 is 2.11 bits per heavy atom. The average molecular weight is 298 g/mol. The van der Waals surface area contributed by atoms with E-state index >= 15 is 0 Å². The number of nitrogens with zero attached hydrogens (tertiary/aromatic N) is 1. The maximum atomic E-state index is 11.8. The second kappa shape index (κ2) is 4.73. The molecule has 0 unspecified atom stereocenters. The molecule has 0 saturated carbocycles. The third-order valence-corrected chi connectivity index (χ3v) is 4.70. The fourth-order valence-electron chi connectivity index (χ4n) is 2.99. The molecule has 2 aliphatic heterocycles. The Kier molecular flexibility index (Phi) is 3.19. The zero-order valence-corrected chi connectivity index (χ0v) is 11.7. The van der Waals surface area contributed by atoms with Gasteiger partial charge < -0.3 is 10.0 Å². The van der Waals surface area contributed by atoms with Gasteiger partial charge >= 0.3 is 0 Å². The molecule has 0 radical (unpaired) electrons. The number of hydrogen-bond acceptors (Lipinski definition) is 2. The van der Waals surface area contributed by atoms with E-state index in [4.69, 9.17) is 23.2 Å². The second-order valence-corrected chi connectivity index (χ2v) is 5.79. The van der Waals surface area contributed by atoms with Gasteiger partial charge in [0.2, 0.25) is 5.91 Å². The summed E-state index contributed by atoms with van der Waals surface area (Å²) < 4.78 is 0. The van der Waals surface area contributed by atoms with Crippen LogP contribution in [0.5, 0.6) is 5.75 Å². The van der Waals surface area contributed by atoms with Crippen LogP contribution < -0.4 is 0 Å². The highest BCUT2D eigenvalue weighted by Gasteiger charge is 2.38. The first-order valence-corrected chi connectivity index (χ1v) is 6.97. The first-order valence-electron chi connectivity index (χ1n) is 6.22. The zero-order chi connectivity index (χ0) is 13.6. The van der Waals surface area contributed by atoms with Gasteiger partial charge in [-0.1, -0.05) is 29.3 Å². The van der Waals surface area contributed by atoms with Crippen LogP contribution in [0.3, 0.4) is 0 Å². The molecular weight excluding hydrogens is 285 g/mol. The lowest BCUT2D eigenvalue weighted by Crippen LogP contribution is -2.36. The predicted molar refractivity (Wildman–Crippen MR) is 74.7 cm³/mol. The number of aromatic hydroxyl groups is 1. The highest BCUT2D eigenvalue weighted by molar-refractivity contribution is 6.42. The van der Waals surface area contributed by atoms with Gasteiger partial charge in [0, 0.05) is 24.1 Å². The summed E-state index contributed by atoms with van der Waals surface area (Å²) in [6.07, 6.45) is 5.19. The van der Waals surface area contributed by atoms with Crippen molar-refractivity contribution < 1.29 is 9.90 Å². The van der Waals surface area contributed by atoms with Crippen molar-refractivity contribution in [1.82, 2.24) is 4.90 Å². The van der Waals surface area contributed by atoms with Crippen LogP contribution in [0.4, 0.5) is 0 Å². The van der Waals surface area contributed by atoms with Crippen molar-refractivity contribution >= 4 is 29.1 Å². The van der Waals surface area contributed by atoms with Crippen molar-refractivity contribution in [2.45, 2.75) is 24.8 Å². The van der Waals surface area contributed by atoms with Crippen LogP contribution in [-0.2, 0) is 4.79 Å². The Balaban J connectivity index is 1.94. The van der Waals surface area contributed by atoms with Crippen molar-refractivity contribution in [3.63, 3.8) is 0 Å². The van der Waals surface area contributed by atoms with Gasteiger partial charge in [0.25, 0.3) is 0 Å². The number of phenolic OH excluding ortho intramolecular Hbond substituents is 1. The highest BCUT2D eigenvalue weighted by atomic mass is 35.5. The van der Waals surface area contributed by atoms with Gasteiger partial charge in [-0.2, -0.15) is 0 Å². The summed E-state index contributed by atoms with van der Waals surface area (Å²) in [5.74, 6) is 0.232. The molecular formula is C14H13Cl2NO2. The number of rotatable bonds is 1. The van der Waals surface area contributed by atoms with Crippen molar-refractivity contribution in [2.24, 2.45) is 0 Å². The van der Waals surface area contributed by atoms with E-state index in [9.17, 15) is 9.90 Å². The molecule has 0 aromatic heterocycles. The maximum Gasteiger partial charge on any atom is 0.246 e. The Bertz CT molecular complexity index is 571. The molecule has 1 N–H and O–H groups in total. The van der Waals surface area contributed by atoms with Crippen LogP contribution in [0.15, 0.2) is 24.3 Å². The highest BCUT2D eigenvalue weighted by Crippen LogP contribution is 2.43. The van der Waals surface area contributed by atoms with Gasteiger partial charge in [-0.25, -0.2) is 0 Å². The van der Waals surface area contributed by atoms with E-state index in [0.29, 0.717) is 22.2 Å². The summed E-state index contributed by atoms with van der Waals surface area (Å²) in [4.78, 5) is 13.7. The van der Waals surface area contributed by atoms with Crippen molar-refractivity contribution in [3.05, 3.63) is 39.9 Å². The Labute approximate surface area is 121 Å². The van der Waals surface area contributed by atoms with Crippen molar-refractivity contribution in [3.8, 4) is 5.75 Å². The molecule has 0 aliphatic carbocycles. The average Bonchev–Trinajstić information content (AvgIpc) is 2.80. The first kappa shape index (κ1) is 12.8. The Morgan fingerprint density at radius 1 is 1.32 bits per heavy atom. The van der Waals surface area contributed by atoms with Gasteiger partial charge in [0.1, 0.15) is 5.75 Å². The fourth-order valence-corrected chi connectivity index (χ4v) is 3.46. The quantitative estimate of drug-likeness (QED) is 0.864. The minimum atomic E-state index is 0.0383. The summed E-state index contributed by atoms with van der Waals surface area (Å²) in [6, 6.07) is 3.34. The monoisotopic (exact) mass is 297 g/mol. The van der Waals surface area contributed by atoms with E-state index in [1.807, 2.05) is 11.0 Å². The van der Waals surface area contributed by atoms with Crippen LogP contribution in [0.2, 0.25) is 10.0 Å². The lowest BCUT2D eigenvalue weighted by Gasteiger charge is -2.25. The van der Waals surface area contributed by atoms with Crippen LogP contribution in [0.25, 0.3) is 0 Å². The fraction of sp³-hybridized carbons (Fsp3) is 0.357. The molecule has 2 atom stereocenters. The maximum absolute atomic E-state index is 11.8. The van der Waals surface area contributed by atoms with Gasteiger partial charge in [-0.15, -0.1) is 0 Å². The van der Waals surface area contributed by atoms with Crippen LogP contribution in [0.1, 0.15) is 24.3 Å². The van der Waals surface area contributed by atoms with Gasteiger partial charge in [-0.3, -0.25) is 4.79 Å². The van der Waals surface area contributed by atoms with E-state index in [2.05, 4.69) is 0 Å². The number of fused-ring (bicyclic) bond motifs is 1. The number of halogens is 2. The van der Waals surface area contributed by atoms with Crippen molar-refractivity contribution in [2.75, 3.05) is 6.54 Å². The standard InChI is InChI=1S/C14H13Cl2NO2/c15-10-4-5-11(18)13(14(10)16)8-6-9-2-1-3-12(19)17(9)7-8/h1,3-5,8-9,18H,2,6-7H2/t8-,9+/m0/s1. The Morgan fingerprint density at radius 3 is 2.84 bits per heavy atom. The zero-order valence-electron chi connectivity index (χ0n) is 10.1. The van der Waals surface area contributed by atoms with E-state index < -0.39 is 0 Å². The molecule has 1 saturated heterocycles. The molecule has 2 aliphatic rings. The minimum Gasteiger partial charge on any atom is -0.508 e. The summed E-state index contributed by atoms with van der Waals surface area (Å²) in [5.41, 5.74) is 0.663. The Hall–Kier alpha value is -1.19. The lowest BCUT2D eigenvalue weighted by atomic mass is 9.94. The number of amides is 1. The molecule has 1 amide bonds. The van der Waals surface area contributed by atoms with Crippen LogP contribution in [0, 0.1) is 0 Å². The number of carbonyl (C=O) groups excluding carboxylic acids is 1. The van der Waals surface area contributed by atoms with E-state index in [-0.39, 0.29) is 23.6 Å². The SMILES string of the molecule is O=C1C=CC[C@@H]2C[C@H](c3c(O)ccc(Cl)c3Cl)CN12. The number of benzene rings is 1. The second-order valence-electron chi connectivity index (χ2n) is 5.01. The molecule has 3 nitrogen and oxygen atoms in total. The van der Waals surface area contributed by atoms with Gasteiger partial charge in [0.05, 0.1) is 10.0 Å². The summed E-state index contributed by atoms with van der Waals surface area (Å²) in [6.45, 7) is 0.585. The van der Waals surface area contributed by atoms with Gasteiger partial charge in [-0.05, 0) is 31.1 Å². The number of hydrogen-bond donors (Lipinski definition) is 1. The molecule has 0 bridgehead atoms. The summed E-state index contributed by atoms with van der Waals surface area (Å²) in [7, 11) is 0. The molecule has 2 heterocycles. The predicted octanol–water partition coefficient (Wildman–Crippen LogP) is 3.34. The van der Waals surface area contributed by atoms with Crippen LogP contribution >= 0.6 is 23.2 Å². The third kappa shape index (κ3) is 2.11. The molecule has 100 valence electrons. The summed E-state index contributed by atoms with van der Waals surface area (Å²) in [5, 5.41) is 10.8. The molecule has 1 fully saturated rings. The van der Waals surface area contributed by atoms with E-state index in [0.717, 1.165) is 12.8 Å². The van der Waals surface area contributed by atoms with Crippen molar-refractivity contribution in [1.29, 1.82) is 0 Å². The molecule has 3 rings (SSSR count). The molecule has 0 spiro atoms. The number of carbonyl (C=O) groups is 1. The first-order chi connectivity index (χ1) is 9.08. The molecule has 19 heavy (non-hydrogen) atoms. The largest absolute Gasteiger partial charge is 0.508 e. The van der Waals surface area contributed by atoms with Gasteiger partial charge in [0.15, 0.2) is 0 Å². The van der Waals surface area contributed by atoms with E-state index in [1.54, 1.807) is 18.2 Å². The topological polar surface area (TPSA) is 40.5 Å². The summed E-state index contributed by atoms with van der Waals surface area (Å²) >= 11 is 12.2. The number of phenols is 1.